The lowest BCUT2D eigenvalue weighted by atomic mass is 10.1. The van der Waals surface area contributed by atoms with E-state index in [1.807, 2.05) is 83.6 Å². The summed E-state index contributed by atoms with van der Waals surface area (Å²) in [6.07, 6.45) is 3.45. The normalized spacial score (nSPS) is 13.5. The van der Waals surface area contributed by atoms with Gasteiger partial charge in [0.2, 0.25) is 0 Å². The van der Waals surface area contributed by atoms with Crippen molar-refractivity contribution >= 4 is 23.3 Å². The third-order valence-electron chi connectivity index (χ3n) is 5.53. The molecule has 0 bridgehead atoms. The van der Waals surface area contributed by atoms with Crippen molar-refractivity contribution in [1.29, 1.82) is 0 Å². The zero-order chi connectivity index (χ0) is 22.3. The molecule has 7 heteroatoms. The average molecular weight is 430 g/mol. The summed E-state index contributed by atoms with van der Waals surface area (Å²) < 4.78 is 0. The SMILES string of the molecule is CN(Cc1ccccc1)C(=O)N1CCN(C(=O)c2ccc(Nc3ccncc3)cc2)CC1. The van der Waals surface area contributed by atoms with E-state index in [0.717, 1.165) is 16.9 Å². The highest BCUT2D eigenvalue weighted by Gasteiger charge is 2.26. The van der Waals surface area contributed by atoms with E-state index in [1.165, 1.54) is 0 Å². The zero-order valence-electron chi connectivity index (χ0n) is 18.1. The van der Waals surface area contributed by atoms with Crippen LogP contribution in [0.3, 0.4) is 0 Å². The maximum Gasteiger partial charge on any atom is 0.320 e. The highest BCUT2D eigenvalue weighted by molar-refractivity contribution is 5.94. The fourth-order valence-electron chi connectivity index (χ4n) is 3.75. The minimum absolute atomic E-state index is 0.00695. The van der Waals surface area contributed by atoms with Crippen LogP contribution in [0.25, 0.3) is 0 Å². The van der Waals surface area contributed by atoms with Gasteiger partial charge in [0.1, 0.15) is 0 Å². The summed E-state index contributed by atoms with van der Waals surface area (Å²) in [6, 6.07) is 21.1. The van der Waals surface area contributed by atoms with Crippen molar-refractivity contribution in [2.75, 3.05) is 38.5 Å². The molecule has 4 rings (SSSR count). The number of rotatable bonds is 5. The first-order chi connectivity index (χ1) is 15.6. The van der Waals surface area contributed by atoms with Gasteiger partial charge in [-0.25, -0.2) is 4.79 Å². The molecule has 1 fully saturated rings. The molecule has 3 amide bonds. The second kappa shape index (κ2) is 9.96. The average Bonchev–Trinajstić information content (AvgIpc) is 2.85. The van der Waals surface area contributed by atoms with Gasteiger partial charge in [0.15, 0.2) is 0 Å². The van der Waals surface area contributed by atoms with Gasteiger partial charge >= 0.3 is 6.03 Å². The highest BCUT2D eigenvalue weighted by Crippen LogP contribution is 2.18. The molecule has 2 heterocycles. The molecule has 2 aromatic carbocycles. The molecule has 7 nitrogen and oxygen atoms in total. The number of carbonyl (C=O) groups is 2. The fraction of sp³-hybridized carbons (Fsp3) is 0.240. The number of aromatic nitrogens is 1. The van der Waals surface area contributed by atoms with Gasteiger partial charge in [-0.05, 0) is 42.0 Å². The number of anilines is 2. The monoisotopic (exact) mass is 429 g/mol. The molecule has 1 aliphatic rings. The molecule has 32 heavy (non-hydrogen) atoms. The van der Waals surface area contributed by atoms with Crippen LogP contribution >= 0.6 is 0 Å². The van der Waals surface area contributed by atoms with E-state index in [-0.39, 0.29) is 11.9 Å². The zero-order valence-corrected chi connectivity index (χ0v) is 18.1. The van der Waals surface area contributed by atoms with Crippen molar-refractivity contribution in [2.24, 2.45) is 0 Å². The number of benzene rings is 2. The van der Waals surface area contributed by atoms with Gasteiger partial charge in [-0.1, -0.05) is 30.3 Å². The van der Waals surface area contributed by atoms with Crippen LogP contribution in [-0.2, 0) is 6.54 Å². The molecule has 1 aliphatic heterocycles. The first-order valence-electron chi connectivity index (χ1n) is 10.7. The van der Waals surface area contributed by atoms with Crippen molar-refractivity contribution in [1.82, 2.24) is 19.7 Å². The van der Waals surface area contributed by atoms with Crippen molar-refractivity contribution in [2.45, 2.75) is 6.54 Å². The Morgan fingerprint density at radius 3 is 2.09 bits per heavy atom. The van der Waals surface area contributed by atoms with Crippen LogP contribution in [0.2, 0.25) is 0 Å². The number of hydrogen-bond acceptors (Lipinski definition) is 4. The molecule has 0 aliphatic carbocycles. The van der Waals surface area contributed by atoms with E-state index in [0.29, 0.717) is 38.3 Å². The van der Waals surface area contributed by atoms with Gasteiger partial charge in [-0.3, -0.25) is 9.78 Å². The molecule has 3 aromatic rings. The van der Waals surface area contributed by atoms with Crippen molar-refractivity contribution < 1.29 is 9.59 Å². The van der Waals surface area contributed by atoms with Crippen LogP contribution in [0.4, 0.5) is 16.2 Å². The maximum atomic E-state index is 12.9. The van der Waals surface area contributed by atoms with Crippen LogP contribution in [0, 0.1) is 0 Å². The van der Waals surface area contributed by atoms with Crippen LogP contribution in [0.1, 0.15) is 15.9 Å². The Morgan fingerprint density at radius 2 is 1.44 bits per heavy atom. The van der Waals surface area contributed by atoms with Gasteiger partial charge in [0, 0.05) is 69.1 Å². The predicted molar refractivity (Wildman–Crippen MR) is 125 cm³/mol. The minimum Gasteiger partial charge on any atom is -0.355 e. The topological polar surface area (TPSA) is 68.8 Å². The maximum absolute atomic E-state index is 12.9. The molecule has 1 saturated heterocycles. The number of urea groups is 1. The number of amides is 3. The first-order valence-corrected chi connectivity index (χ1v) is 10.7. The Morgan fingerprint density at radius 1 is 0.844 bits per heavy atom. The van der Waals surface area contributed by atoms with Crippen molar-refractivity contribution in [3.05, 3.63) is 90.3 Å². The third-order valence-corrected chi connectivity index (χ3v) is 5.53. The molecule has 1 aromatic heterocycles. The predicted octanol–water partition coefficient (Wildman–Crippen LogP) is 3.84. The second-order valence-corrected chi connectivity index (χ2v) is 7.84. The summed E-state index contributed by atoms with van der Waals surface area (Å²) in [5.74, 6) is -0.00907. The fourth-order valence-corrected chi connectivity index (χ4v) is 3.75. The quantitative estimate of drug-likeness (QED) is 0.669. The summed E-state index contributed by atoms with van der Waals surface area (Å²) >= 11 is 0. The number of pyridine rings is 1. The minimum atomic E-state index is -0.00907. The summed E-state index contributed by atoms with van der Waals surface area (Å²) in [5.41, 5.74) is 3.59. The largest absolute Gasteiger partial charge is 0.355 e. The van der Waals surface area contributed by atoms with E-state index in [2.05, 4.69) is 10.3 Å². The second-order valence-electron chi connectivity index (χ2n) is 7.84. The molecule has 0 atom stereocenters. The van der Waals surface area contributed by atoms with Crippen LogP contribution in [-0.4, -0.2) is 64.8 Å². The Balaban J connectivity index is 1.29. The van der Waals surface area contributed by atoms with Crippen LogP contribution in [0.15, 0.2) is 79.1 Å². The van der Waals surface area contributed by atoms with Gasteiger partial charge in [-0.2, -0.15) is 0 Å². The molecule has 0 spiro atoms. The highest BCUT2D eigenvalue weighted by atomic mass is 16.2. The van der Waals surface area contributed by atoms with Crippen LogP contribution in [0.5, 0.6) is 0 Å². The summed E-state index contributed by atoms with van der Waals surface area (Å²) in [4.78, 5) is 35.0. The molecule has 164 valence electrons. The van der Waals surface area contributed by atoms with Gasteiger partial charge in [0.25, 0.3) is 5.91 Å². The van der Waals surface area contributed by atoms with Crippen molar-refractivity contribution in [3.8, 4) is 0 Å². The number of piperazine rings is 1. The molecule has 0 saturated carbocycles. The third kappa shape index (κ3) is 5.24. The van der Waals surface area contributed by atoms with E-state index in [1.54, 1.807) is 17.3 Å². The summed E-state index contributed by atoms with van der Waals surface area (Å²) in [5, 5.41) is 3.28. The lowest BCUT2D eigenvalue weighted by Gasteiger charge is -2.36. The number of carbonyl (C=O) groups excluding carboxylic acids is 2. The molecular formula is C25H27N5O2. The number of nitrogens with zero attached hydrogens (tertiary/aromatic N) is 4. The van der Waals surface area contributed by atoms with Gasteiger partial charge < -0.3 is 20.0 Å². The van der Waals surface area contributed by atoms with Crippen LogP contribution < -0.4 is 5.32 Å². The summed E-state index contributed by atoms with van der Waals surface area (Å²) in [6.45, 7) is 2.69. The lowest BCUT2D eigenvalue weighted by Crippen LogP contribution is -2.53. The van der Waals surface area contributed by atoms with Crippen molar-refractivity contribution in [3.63, 3.8) is 0 Å². The number of hydrogen-bond donors (Lipinski definition) is 1. The van der Waals surface area contributed by atoms with E-state index in [4.69, 9.17) is 0 Å². The lowest BCUT2D eigenvalue weighted by molar-refractivity contribution is 0.0644. The molecule has 1 N–H and O–H groups in total. The molecular weight excluding hydrogens is 402 g/mol. The Hall–Kier alpha value is -3.87. The summed E-state index contributed by atoms with van der Waals surface area (Å²) in [7, 11) is 1.81. The Labute approximate surface area is 188 Å². The standard InChI is InChI=1S/C25H27N5O2/c1-28(19-20-5-3-2-4-6-20)25(32)30-17-15-29(16-18-30)24(31)21-7-9-22(10-8-21)27-23-11-13-26-14-12-23/h2-14H,15-19H2,1H3,(H,26,27). The Bertz CT molecular complexity index is 1030. The van der Waals surface area contributed by atoms with E-state index in [9.17, 15) is 9.59 Å². The van der Waals surface area contributed by atoms with Gasteiger partial charge in [0.05, 0.1) is 0 Å². The van der Waals surface area contributed by atoms with Gasteiger partial charge in [-0.15, -0.1) is 0 Å². The molecule has 0 radical (unpaired) electrons. The molecule has 0 unspecified atom stereocenters. The number of nitrogens with one attached hydrogen (secondary N) is 1. The van der Waals surface area contributed by atoms with E-state index >= 15 is 0 Å². The van der Waals surface area contributed by atoms with E-state index < -0.39 is 0 Å². The Kier molecular flexibility index (Phi) is 6.65. The smallest absolute Gasteiger partial charge is 0.320 e. The first kappa shape index (κ1) is 21.4.